The lowest BCUT2D eigenvalue weighted by Crippen LogP contribution is -2.38. The highest BCUT2D eigenvalue weighted by Gasteiger charge is 2.45. The Bertz CT molecular complexity index is 1450. The highest BCUT2D eigenvalue weighted by atomic mass is 79.9. The molecular formula is C32H30BrNO5. The normalized spacial score (nSPS) is 20.7. The van der Waals surface area contributed by atoms with E-state index in [0.717, 1.165) is 32.6 Å². The lowest BCUT2D eigenvalue weighted by atomic mass is 9.69. The average Bonchev–Trinajstić information content (AvgIpc) is 2.95. The monoisotopic (exact) mass is 587 g/mol. The molecule has 0 bridgehead atoms. The van der Waals surface area contributed by atoms with Gasteiger partial charge in [-0.1, -0.05) is 48.5 Å². The molecule has 3 atom stereocenters. The fraction of sp³-hybridized carbons (Fsp3) is 0.281. The number of esters is 1. The second-order valence-electron chi connectivity index (χ2n) is 9.86. The molecule has 7 heteroatoms. The van der Waals surface area contributed by atoms with Gasteiger partial charge in [0.05, 0.1) is 18.7 Å². The molecule has 1 aliphatic heterocycles. The number of allylic oxidation sites excluding steroid dienone is 2. The molecule has 0 aromatic heterocycles. The van der Waals surface area contributed by atoms with Crippen LogP contribution in [0.25, 0.3) is 0 Å². The third-order valence-electron chi connectivity index (χ3n) is 7.49. The zero-order valence-corrected chi connectivity index (χ0v) is 23.7. The maximum atomic E-state index is 13.8. The molecule has 39 heavy (non-hydrogen) atoms. The fourth-order valence-electron chi connectivity index (χ4n) is 5.53. The number of halogens is 1. The van der Waals surface area contributed by atoms with Crippen molar-refractivity contribution in [2.75, 3.05) is 14.2 Å². The predicted octanol–water partition coefficient (Wildman–Crippen LogP) is 6.78. The second kappa shape index (κ2) is 11.6. The summed E-state index contributed by atoms with van der Waals surface area (Å²) in [4.78, 5) is 32.3. The quantitative estimate of drug-likeness (QED) is 0.285. The topological polar surface area (TPSA) is 74.2 Å². The zero-order chi connectivity index (χ0) is 27.5. The first kappa shape index (κ1) is 26.9. The van der Waals surface area contributed by atoms with Crippen LogP contribution in [0.5, 0.6) is 11.5 Å². The molecule has 6 nitrogen and oxygen atoms in total. The van der Waals surface area contributed by atoms with E-state index in [1.165, 1.54) is 0 Å². The molecule has 3 aromatic rings. The van der Waals surface area contributed by atoms with Crippen LogP contribution in [0.15, 0.2) is 93.5 Å². The van der Waals surface area contributed by atoms with E-state index in [1.807, 2.05) is 79.7 Å². The van der Waals surface area contributed by atoms with Gasteiger partial charge >= 0.3 is 5.97 Å². The molecule has 0 amide bonds. The lowest BCUT2D eigenvalue weighted by molar-refractivity contribution is -0.148. The summed E-state index contributed by atoms with van der Waals surface area (Å²) in [6.45, 7) is 2.01. The summed E-state index contributed by atoms with van der Waals surface area (Å²) in [7, 11) is 3.24. The van der Waals surface area contributed by atoms with Crippen LogP contribution in [-0.4, -0.2) is 31.7 Å². The number of benzene rings is 3. The molecule has 1 heterocycles. The molecular weight excluding hydrogens is 558 g/mol. The van der Waals surface area contributed by atoms with Crippen molar-refractivity contribution in [1.29, 1.82) is 0 Å². The van der Waals surface area contributed by atoms with E-state index < -0.39 is 17.8 Å². The number of carbonyl (C=O) groups excluding carboxylic acids is 2. The Hall–Kier alpha value is -3.71. The average molecular weight is 588 g/mol. The van der Waals surface area contributed by atoms with Crippen LogP contribution in [0.2, 0.25) is 0 Å². The molecule has 2 aliphatic rings. The number of nitrogens with zero attached hydrogens (tertiary/aromatic N) is 1. The number of carbonyl (C=O) groups is 2. The third-order valence-corrected chi connectivity index (χ3v) is 8.11. The summed E-state index contributed by atoms with van der Waals surface area (Å²) >= 11 is 3.58. The van der Waals surface area contributed by atoms with Crippen molar-refractivity contribution < 1.29 is 23.8 Å². The summed E-state index contributed by atoms with van der Waals surface area (Å²) in [6, 6.07) is 23.1. The Kier molecular flexibility index (Phi) is 7.98. The zero-order valence-electron chi connectivity index (χ0n) is 22.1. The van der Waals surface area contributed by atoms with E-state index in [2.05, 4.69) is 15.9 Å². The number of aliphatic imine (C=N–C) groups is 1. The van der Waals surface area contributed by atoms with Gasteiger partial charge in [-0.15, -0.1) is 0 Å². The van der Waals surface area contributed by atoms with Crippen molar-refractivity contribution >= 4 is 33.4 Å². The first-order valence-corrected chi connectivity index (χ1v) is 13.7. The van der Waals surface area contributed by atoms with E-state index in [-0.39, 0.29) is 18.3 Å². The third kappa shape index (κ3) is 5.55. The summed E-state index contributed by atoms with van der Waals surface area (Å²) in [5, 5.41) is 0. The number of methoxy groups -OCH3 is 2. The lowest BCUT2D eigenvalue weighted by Gasteiger charge is -2.36. The first-order valence-electron chi connectivity index (χ1n) is 12.9. The SMILES string of the molecule is COc1ccc([C@@H]2CC(=O)C3=C(C2)N=C(C)C(C(=O)OCc2ccccc2)[C@H]3c2ccc(OC)c(Br)c2)cc1. The summed E-state index contributed by atoms with van der Waals surface area (Å²) in [5.74, 6) is -0.161. The van der Waals surface area contributed by atoms with Crippen molar-refractivity contribution in [3.63, 3.8) is 0 Å². The van der Waals surface area contributed by atoms with Crippen LogP contribution < -0.4 is 9.47 Å². The summed E-state index contributed by atoms with van der Waals surface area (Å²) in [5.41, 5.74) is 4.79. The van der Waals surface area contributed by atoms with Gasteiger partial charge in [-0.25, -0.2) is 0 Å². The molecule has 0 saturated carbocycles. The molecule has 1 unspecified atom stereocenters. The van der Waals surface area contributed by atoms with E-state index in [1.54, 1.807) is 14.2 Å². The fourth-order valence-corrected chi connectivity index (χ4v) is 6.09. The number of hydrogen-bond acceptors (Lipinski definition) is 6. The minimum atomic E-state index is -0.714. The number of Topliss-reactive ketones (excluding diaryl/α,β-unsaturated/α-hetero) is 1. The highest BCUT2D eigenvalue weighted by Crippen LogP contribution is 2.47. The van der Waals surface area contributed by atoms with Crippen LogP contribution >= 0.6 is 15.9 Å². The maximum Gasteiger partial charge on any atom is 0.315 e. The van der Waals surface area contributed by atoms with Crippen LogP contribution in [0.1, 0.15) is 48.3 Å². The van der Waals surface area contributed by atoms with Gasteiger partial charge in [0.1, 0.15) is 24.0 Å². The van der Waals surface area contributed by atoms with Gasteiger partial charge in [-0.05, 0) is 76.1 Å². The standard InChI is InChI=1S/C32H30BrNO5/c1-19-29(32(36)39-18-20-7-5-4-6-8-20)30(22-11-14-28(38-3)25(33)15-22)31-26(34-19)16-23(17-27(31)35)21-9-12-24(37-2)13-10-21/h4-15,23,29-30H,16-18H2,1-3H3/t23-,29?,30+/m0/s1. The largest absolute Gasteiger partial charge is 0.497 e. The Balaban J connectivity index is 1.52. The first-order chi connectivity index (χ1) is 18.9. The Morgan fingerprint density at radius 2 is 1.67 bits per heavy atom. The molecule has 0 saturated heterocycles. The van der Waals surface area contributed by atoms with Crippen molar-refractivity contribution in [2.24, 2.45) is 10.9 Å². The molecule has 3 aromatic carbocycles. The Labute approximate surface area is 236 Å². The van der Waals surface area contributed by atoms with E-state index in [9.17, 15) is 9.59 Å². The van der Waals surface area contributed by atoms with E-state index in [4.69, 9.17) is 19.2 Å². The van der Waals surface area contributed by atoms with Gasteiger partial charge < -0.3 is 14.2 Å². The molecule has 0 N–H and O–H groups in total. The van der Waals surface area contributed by atoms with Crippen LogP contribution in [0, 0.1) is 5.92 Å². The van der Waals surface area contributed by atoms with Gasteiger partial charge in [0.2, 0.25) is 0 Å². The molecule has 0 radical (unpaired) electrons. The predicted molar refractivity (Wildman–Crippen MR) is 153 cm³/mol. The van der Waals surface area contributed by atoms with Crippen molar-refractivity contribution in [1.82, 2.24) is 0 Å². The molecule has 0 fully saturated rings. The molecule has 0 spiro atoms. The number of ketones is 1. The molecule has 1 aliphatic carbocycles. The van der Waals surface area contributed by atoms with Crippen molar-refractivity contribution in [3.8, 4) is 11.5 Å². The van der Waals surface area contributed by atoms with Gasteiger partial charge in [0, 0.05) is 29.3 Å². The Morgan fingerprint density at radius 3 is 2.33 bits per heavy atom. The smallest absolute Gasteiger partial charge is 0.315 e. The van der Waals surface area contributed by atoms with Crippen molar-refractivity contribution in [2.45, 2.75) is 38.2 Å². The van der Waals surface area contributed by atoms with E-state index >= 15 is 0 Å². The summed E-state index contributed by atoms with van der Waals surface area (Å²) < 4.78 is 17.3. The maximum absolute atomic E-state index is 13.8. The van der Waals surface area contributed by atoms with Crippen LogP contribution in [-0.2, 0) is 20.9 Å². The van der Waals surface area contributed by atoms with Gasteiger partial charge in [0.25, 0.3) is 0 Å². The second-order valence-corrected chi connectivity index (χ2v) is 10.7. The number of hydrogen-bond donors (Lipinski definition) is 0. The van der Waals surface area contributed by atoms with Crippen LogP contribution in [0.3, 0.4) is 0 Å². The minimum Gasteiger partial charge on any atom is -0.497 e. The Morgan fingerprint density at radius 1 is 0.949 bits per heavy atom. The number of ether oxygens (including phenoxy) is 3. The van der Waals surface area contributed by atoms with Gasteiger partial charge in [-0.3, -0.25) is 14.6 Å². The number of rotatable bonds is 7. The van der Waals surface area contributed by atoms with E-state index in [0.29, 0.717) is 29.9 Å². The van der Waals surface area contributed by atoms with Crippen LogP contribution in [0.4, 0.5) is 0 Å². The van der Waals surface area contributed by atoms with Crippen molar-refractivity contribution in [3.05, 3.63) is 105 Å². The molecule has 5 rings (SSSR count). The highest BCUT2D eigenvalue weighted by molar-refractivity contribution is 9.10. The summed E-state index contributed by atoms with van der Waals surface area (Å²) in [6.07, 6.45) is 0.962. The minimum absolute atomic E-state index is 0.00328. The van der Waals surface area contributed by atoms with Gasteiger partial charge in [-0.2, -0.15) is 0 Å². The molecule has 200 valence electrons. The van der Waals surface area contributed by atoms with Gasteiger partial charge in [0.15, 0.2) is 5.78 Å².